The highest BCUT2D eigenvalue weighted by atomic mass is 16.3. The van der Waals surface area contributed by atoms with E-state index in [-0.39, 0.29) is 6.10 Å². The monoisotopic (exact) mass is 215 g/mol. The number of aliphatic hydroxyl groups is 2. The molecule has 0 spiro atoms. The van der Waals surface area contributed by atoms with Crippen molar-refractivity contribution in [1.29, 1.82) is 0 Å². The van der Waals surface area contributed by atoms with Crippen LogP contribution in [0.4, 0.5) is 0 Å². The lowest BCUT2D eigenvalue weighted by atomic mass is 9.92. The molecule has 1 aliphatic rings. The van der Waals surface area contributed by atoms with E-state index in [1.54, 1.807) is 0 Å². The number of nitrogens with one attached hydrogen (secondary N) is 1. The zero-order valence-electron chi connectivity index (χ0n) is 9.78. The first-order valence-electron chi connectivity index (χ1n) is 6.28. The van der Waals surface area contributed by atoms with Gasteiger partial charge in [0.05, 0.1) is 6.10 Å². The van der Waals surface area contributed by atoms with E-state index in [4.69, 9.17) is 5.11 Å². The molecule has 1 aliphatic carbocycles. The van der Waals surface area contributed by atoms with Crippen molar-refractivity contribution in [2.24, 2.45) is 5.92 Å². The molecule has 1 fully saturated rings. The number of hydrogen-bond acceptors (Lipinski definition) is 3. The summed E-state index contributed by atoms with van der Waals surface area (Å²) in [5, 5.41) is 21.8. The van der Waals surface area contributed by atoms with Gasteiger partial charge in [0.2, 0.25) is 0 Å². The van der Waals surface area contributed by atoms with E-state index in [1.807, 2.05) is 0 Å². The van der Waals surface area contributed by atoms with Crippen molar-refractivity contribution in [3.05, 3.63) is 0 Å². The highest BCUT2D eigenvalue weighted by Crippen LogP contribution is 2.18. The van der Waals surface area contributed by atoms with Crippen LogP contribution in [0.2, 0.25) is 0 Å². The van der Waals surface area contributed by atoms with Crippen LogP contribution in [0.15, 0.2) is 0 Å². The predicted octanol–water partition coefficient (Wildman–Crippen LogP) is 1.29. The van der Waals surface area contributed by atoms with Crippen molar-refractivity contribution < 1.29 is 10.2 Å². The maximum Gasteiger partial charge on any atom is 0.0541 e. The van der Waals surface area contributed by atoms with Gasteiger partial charge in [0.25, 0.3) is 0 Å². The second kappa shape index (κ2) is 7.20. The van der Waals surface area contributed by atoms with Gasteiger partial charge in [-0.1, -0.05) is 13.3 Å². The Hall–Kier alpha value is -0.120. The highest BCUT2D eigenvalue weighted by Gasteiger charge is 2.19. The average Bonchev–Trinajstić information content (AvgIpc) is 2.26. The van der Waals surface area contributed by atoms with Crippen LogP contribution < -0.4 is 5.32 Å². The first kappa shape index (κ1) is 12.9. The molecular formula is C12H25NO2. The molecule has 0 amide bonds. The minimum Gasteiger partial charge on any atom is -0.396 e. The van der Waals surface area contributed by atoms with Gasteiger partial charge in [-0.25, -0.2) is 0 Å². The molecule has 1 saturated carbocycles. The summed E-state index contributed by atoms with van der Waals surface area (Å²) in [5.41, 5.74) is 0. The quantitative estimate of drug-likeness (QED) is 0.626. The van der Waals surface area contributed by atoms with E-state index < -0.39 is 0 Å². The molecule has 3 heteroatoms. The zero-order chi connectivity index (χ0) is 11.1. The lowest BCUT2D eigenvalue weighted by molar-refractivity contribution is 0.115. The summed E-state index contributed by atoms with van der Waals surface area (Å²) in [7, 11) is 0. The second-order valence-corrected chi connectivity index (χ2v) is 4.70. The van der Waals surface area contributed by atoms with E-state index in [0.29, 0.717) is 18.6 Å². The van der Waals surface area contributed by atoms with Crippen LogP contribution in [-0.4, -0.2) is 35.5 Å². The van der Waals surface area contributed by atoms with E-state index in [2.05, 4.69) is 12.2 Å². The van der Waals surface area contributed by atoms with Crippen LogP contribution in [0.25, 0.3) is 0 Å². The third-order valence-corrected chi connectivity index (χ3v) is 3.51. The Morgan fingerprint density at radius 3 is 2.47 bits per heavy atom. The van der Waals surface area contributed by atoms with Crippen LogP contribution in [-0.2, 0) is 0 Å². The van der Waals surface area contributed by atoms with Crippen LogP contribution in [0.5, 0.6) is 0 Å². The Balaban J connectivity index is 2.12. The molecule has 90 valence electrons. The Bertz CT molecular complexity index is 156. The standard InChI is InChI=1S/C12H25NO2/c1-2-10(7-8-14)9-13-11-3-5-12(15)6-4-11/h10-15H,2-9H2,1H3. The molecule has 0 aliphatic heterocycles. The van der Waals surface area contributed by atoms with E-state index >= 15 is 0 Å². The lowest BCUT2D eigenvalue weighted by Gasteiger charge is -2.27. The Morgan fingerprint density at radius 1 is 1.27 bits per heavy atom. The molecular weight excluding hydrogens is 190 g/mol. The van der Waals surface area contributed by atoms with Gasteiger partial charge in [-0.15, -0.1) is 0 Å². The van der Waals surface area contributed by atoms with Crippen molar-refractivity contribution in [2.75, 3.05) is 13.2 Å². The van der Waals surface area contributed by atoms with Crippen LogP contribution >= 0.6 is 0 Å². The molecule has 0 aromatic rings. The Labute approximate surface area is 92.9 Å². The number of aliphatic hydroxyl groups excluding tert-OH is 2. The zero-order valence-corrected chi connectivity index (χ0v) is 9.78. The fourth-order valence-corrected chi connectivity index (χ4v) is 2.25. The molecule has 0 radical (unpaired) electrons. The van der Waals surface area contributed by atoms with E-state index in [9.17, 15) is 5.11 Å². The third kappa shape index (κ3) is 4.96. The smallest absolute Gasteiger partial charge is 0.0541 e. The topological polar surface area (TPSA) is 52.5 Å². The van der Waals surface area contributed by atoms with Crippen LogP contribution in [0, 0.1) is 5.92 Å². The van der Waals surface area contributed by atoms with Gasteiger partial charge < -0.3 is 15.5 Å². The minimum absolute atomic E-state index is 0.0672. The predicted molar refractivity (Wildman–Crippen MR) is 61.7 cm³/mol. The molecule has 3 nitrogen and oxygen atoms in total. The summed E-state index contributed by atoms with van der Waals surface area (Å²) in [6, 6.07) is 0.584. The van der Waals surface area contributed by atoms with Crippen LogP contribution in [0.3, 0.4) is 0 Å². The third-order valence-electron chi connectivity index (χ3n) is 3.51. The van der Waals surface area contributed by atoms with Crippen LogP contribution in [0.1, 0.15) is 45.4 Å². The van der Waals surface area contributed by atoms with E-state index in [1.165, 1.54) is 0 Å². The van der Waals surface area contributed by atoms with Gasteiger partial charge >= 0.3 is 0 Å². The molecule has 3 N–H and O–H groups in total. The van der Waals surface area contributed by atoms with Crippen molar-refractivity contribution in [3.63, 3.8) is 0 Å². The second-order valence-electron chi connectivity index (χ2n) is 4.70. The number of rotatable bonds is 6. The molecule has 0 heterocycles. The van der Waals surface area contributed by atoms with Crippen molar-refractivity contribution in [2.45, 2.75) is 57.6 Å². The van der Waals surface area contributed by atoms with Crippen molar-refractivity contribution in [3.8, 4) is 0 Å². The Kier molecular flexibility index (Phi) is 6.22. The SMILES string of the molecule is CCC(CCO)CNC1CCC(O)CC1. The van der Waals surface area contributed by atoms with Crippen molar-refractivity contribution >= 4 is 0 Å². The normalized spacial score (nSPS) is 29.0. The first-order valence-corrected chi connectivity index (χ1v) is 6.28. The van der Waals surface area contributed by atoms with Gasteiger partial charge in [0.1, 0.15) is 0 Å². The summed E-state index contributed by atoms with van der Waals surface area (Å²) in [6.45, 7) is 3.48. The van der Waals surface area contributed by atoms with Gasteiger partial charge in [-0.3, -0.25) is 0 Å². The summed E-state index contributed by atoms with van der Waals surface area (Å²) in [4.78, 5) is 0. The molecule has 0 aromatic carbocycles. The fourth-order valence-electron chi connectivity index (χ4n) is 2.25. The molecule has 1 rings (SSSR count). The summed E-state index contributed by atoms with van der Waals surface area (Å²) in [6.07, 6.45) is 6.03. The fraction of sp³-hybridized carbons (Fsp3) is 1.00. The summed E-state index contributed by atoms with van der Waals surface area (Å²) >= 11 is 0. The first-order chi connectivity index (χ1) is 7.26. The molecule has 15 heavy (non-hydrogen) atoms. The number of hydrogen-bond donors (Lipinski definition) is 3. The van der Waals surface area contributed by atoms with Gasteiger partial charge in [0.15, 0.2) is 0 Å². The van der Waals surface area contributed by atoms with E-state index in [0.717, 1.165) is 45.1 Å². The van der Waals surface area contributed by atoms with Gasteiger partial charge in [-0.2, -0.15) is 0 Å². The molecule has 0 aromatic heterocycles. The maximum atomic E-state index is 9.37. The van der Waals surface area contributed by atoms with Gasteiger partial charge in [0, 0.05) is 12.6 Å². The molecule has 0 bridgehead atoms. The highest BCUT2D eigenvalue weighted by molar-refractivity contribution is 4.77. The Morgan fingerprint density at radius 2 is 1.93 bits per heavy atom. The summed E-state index contributed by atoms with van der Waals surface area (Å²) < 4.78 is 0. The van der Waals surface area contributed by atoms with Gasteiger partial charge in [-0.05, 0) is 44.6 Å². The lowest BCUT2D eigenvalue weighted by Crippen LogP contribution is -2.37. The minimum atomic E-state index is -0.0672. The average molecular weight is 215 g/mol. The largest absolute Gasteiger partial charge is 0.396 e. The van der Waals surface area contributed by atoms with Crippen molar-refractivity contribution in [1.82, 2.24) is 5.32 Å². The molecule has 1 atom stereocenters. The maximum absolute atomic E-state index is 9.37. The summed E-state index contributed by atoms with van der Waals surface area (Å²) in [5.74, 6) is 0.599. The molecule has 1 unspecified atom stereocenters. The molecule has 0 saturated heterocycles.